The van der Waals surface area contributed by atoms with Gasteiger partial charge in [-0.3, -0.25) is 14.3 Å². The van der Waals surface area contributed by atoms with Crippen LogP contribution >= 0.6 is 0 Å². The number of anilines is 3. The maximum absolute atomic E-state index is 13.5. The van der Waals surface area contributed by atoms with Gasteiger partial charge >= 0.3 is 0 Å². The number of aryl methyl sites for hydroxylation is 1. The van der Waals surface area contributed by atoms with Gasteiger partial charge in [-0.05, 0) is 47.7 Å². The third-order valence-electron chi connectivity index (χ3n) is 6.60. The number of imidazole rings is 1. The molecule has 2 aromatic carbocycles. The van der Waals surface area contributed by atoms with E-state index in [2.05, 4.69) is 25.4 Å². The molecular weight excluding hydrogens is 534 g/mol. The summed E-state index contributed by atoms with van der Waals surface area (Å²) in [5.74, 6) is 0.0892. The van der Waals surface area contributed by atoms with Crippen LogP contribution in [0.15, 0.2) is 46.9 Å². The van der Waals surface area contributed by atoms with E-state index in [4.69, 9.17) is 4.74 Å². The van der Waals surface area contributed by atoms with Gasteiger partial charge in [0.2, 0.25) is 10.0 Å². The summed E-state index contributed by atoms with van der Waals surface area (Å²) < 4.78 is 33.8. The predicted octanol–water partition coefficient (Wildman–Crippen LogP) is 4.40. The Morgan fingerprint density at radius 1 is 1.18 bits per heavy atom. The lowest BCUT2D eigenvalue weighted by Gasteiger charge is -2.24. The summed E-state index contributed by atoms with van der Waals surface area (Å²) in [7, 11) is -0.446. The highest BCUT2D eigenvalue weighted by Gasteiger charge is 2.27. The van der Waals surface area contributed by atoms with E-state index in [1.165, 1.54) is 7.11 Å². The minimum Gasteiger partial charge on any atom is -0.492 e. The van der Waals surface area contributed by atoms with Gasteiger partial charge in [-0.2, -0.15) is 5.11 Å². The molecule has 12 nitrogen and oxygen atoms in total. The van der Waals surface area contributed by atoms with Gasteiger partial charge in [0, 0.05) is 12.6 Å². The molecule has 1 aliphatic rings. The van der Waals surface area contributed by atoms with Gasteiger partial charge in [0.15, 0.2) is 17.9 Å². The Labute approximate surface area is 233 Å². The average molecular weight is 568 g/mol. The Morgan fingerprint density at radius 3 is 2.48 bits per heavy atom. The van der Waals surface area contributed by atoms with Crippen molar-refractivity contribution in [2.24, 2.45) is 17.4 Å². The fourth-order valence-corrected chi connectivity index (χ4v) is 4.94. The standard InChI is InChI=1S/C27H33N7O5S/c1-16-8-9-17(10-22(16)34-14-21(30-32-34)23-13-28-24(15-35)33(23)5)26(36)29-19-11-18(27(2,3)4)12-20(25(19)39-6)31-40(7,37)38/h8-13,15,21,31H,14H2,1-7H3,(H,29,36). The minimum absolute atomic E-state index is 0.196. The molecule has 1 aromatic heterocycles. The fourth-order valence-electron chi connectivity index (χ4n) is 4.39. The molecule has 0 fully saturated rings. The fraction of sp³-hybridized carbons (Fsp3) is 0.370. The Balaban J connectivity index is 1.63. The van der Waals surface area contributed by atoms with Crippen LogP contribution in [0.1, 0.15) is 64.6 Å². The summed E-state index contributed by atoms with van der Waals surface area (Å²) in [6.45, 7) is 8.28. The van der Waals surface area contributed by atoms with Gasteiger partial charge in [-0.25, -0.2) is 18.4 Å². The molecule has 2 heterocycles. The molecule has 4 rings (SSSR count). The Morgan fingerprint density at radius 2 is 1.88 bits per heavy atom. The summed E-state index contributed by atoms with van der Waals surface area (Å²) in [6.07, 6.45) is 3.35. The number of ether oxygens (including phenoxy) is 1. The zero-order chi connectivity index (χ0) is 29.4. The molecular formula is C27H33N7O5S. The van der Waals surface area contributed by atoms with E-state index in [0.717, 1.165) is 23.1 Å². The number of rotatable bonds is 8. The summed E-state index contributed by atoms with van der Waals surface area (Å²) in [5.41, 5.74) is 3.73. The minimum atomic E-state index is -3.61. The second kappa shape index (κ2) is 10.7. The molecule has 0 radical (unpaired) electrons. The van der Waals surface area contributed by atoms with Crippen molar-refractivity contribution in [3.05, 3.63) is 64.7 Å². The van der Waals surface area contributed by atoms with Crippen LogP contribution in [0.5, 0.6) is 5.75 Å². The topological polar surface area (TPSA) is 147 Å². The number of nitrogens with zero attached hydrogens (tertiary/aromatic N) is 5. The number of benzene rings is 2. The summed E-state index contributed by atoms with van der Waals surface area (Å²) in [4.78, 5) is 28.7. The van der Waals surface area contributed by atoms with Crippen molar-refractivity contribution >= 4 is 39.3 Å². The number of carbonyl (C=O) groups is 2. The second-order valence-corrected chi connectivity index (χ2v) is 12.5. The van der Waals surface area contributed by atoms with Crippen LogP contribution in [-0.4, -0.2) is 50.1 Å². The Hall–Kier alpha value is -4.26. The number of methoxy groups -OCH3 is 1. The third kappa shape index (κ3) is 5.98. The zero-order valence-electron chi connectivity index (χ0n) is 23.5. The lowest BCUT2D eigenvalue weighted by molar-refractivity contribution is 0.102. The predicted molar refractivity (Wildman–Crippen MR) is 153 cm³/mol. The average Bonchev–Trinajstić information content (AvgIpc) is 3.49. The second-order valence-electron chi connectivity index (χ2n) is 10.7. The van der Waals surface area contributed by atoms with E-state index in [-0.39, 0.29) is 22.9 Å². The van der Waals surface area contributed by atoms with Gasteiger partial charge in [-0.15, -0.1) is 0 Å². The monoisotopic (exact) mass is 567 g/mol. The smallest absolute Gasteiger partial charge is 0.255 e. The summed E-state index contributed by atoms with van der Waals surface area (Å²) in [5, 5.41) is 13.3. The molecule has 13 heteroatoms. The van der Waals surface area contributed by atoms with Crippen LogP contribution in [0, 0.1) is 6.92 Å². The number of nitrogens with one attached hydrogen (secondary N) is 2. The molecule has 0 bridgehead atoms. The molecule has 2 N–H and O–H groups in total. The Bertz CT molecular complexity index is 1610. The van der Waals surface area contributed by atoms with E-state index >= 15 is 0 Å². The molecule has 3 aromatic rings. The molecule has 0 spiro atoms. The number of carbonyl (C=O) groups excluding carboxylic acids is 2. The van der Waals surface area contributed by atoms with Crippen LogP contribution in [-0.2, 0) is 22.5 Å². The van der Waals surface area contributed by atoms with Crippen molar-refractivity contribution < 1.29 is 22.7 Å². The number of sulfonamides is 1. The molecule has 212 valence electrons. The molecule has 1 aliphatic heterocycles. The van der Waals surface area contributed by atoms with E-state index in [1.54, 1.807) is 47.1 Å². The quantitative estimate of drug-likeness (QED) is 0.384. The van der Waals surface area contributed by atoms with Crippen LogP contribution in [0.2, 0.25) is 0 Å². The molecule has 1 amide bonds. The highest BCUT2D eigenvalue weighted by atomic mass is 32.2. The van der Waals surface area contributed by atoms with Crippen molar-refractivity contribution in [1.29, 1.82) is 0 Å². The SMILES string of the molecule is COc1c(NC(=O)c2ccc(C)c(N3CC(c4cnc(C=O)n4C)N=N3)c2)cc(C(C)(C)C)cc1NS(C)(=O)=O. The van der Waals surface area contributed by atoms with Gasteiger partial charge in [0.1, 0.15) is 6.04 Å². The first-order valence-electron chi connectivity index (χ1n) is 12.5. The largest absolute Gasteiger partial charge is 0.492 e. The first-order valence-corrected chi connectivity index (χ1v) is 14.4. The summed E-state index contributed by atoms with van der Waals surface area (Å²) >= 11 is 0. The molecule has 0 aliphatic carbocycles. The van der Waals surface area contributed by atoms with Crippen LogP contribution in [0.3, 0.4) is 0 Å². The third-order valence-corrected chi connectivity index (χ3v) is 7.19. The lowest BCUT2D eigenvalue weighted by Crippen LogP contribution is -2.20. The van der Waals surface area contributed by atoms with Gasteiger partial charge < -0.3 is 14.6 Å². The van der Waals surface area contributed by atoms with Crippen molar-refractivity contribution in [2.45, 2.75) is 39.2 Å². The van der Waals surface area contributed by atoms with Gasteiger partial charge in [0.05, 0.1) is 48.9 Å². The molecule has 1 unspecified atom stereocenters. The van der Waals surface area contributed by atoms with E-state index in [0.29, 0.717) is 35.6 Å². The number of amides is 1. The first-order chi connectivity index (χ1) is 18.7. The Kier molecular flexibility index (Phi) is 7.70. The first kappa shape index (κ1) is 28.7. The van der Waals surface area contributed by atoms with Crippen LogP contribution in [0.4, 0.5) is 17.1 Å². The zero-order valence-corrected chi connectivity index (χ0v) is 24.3. The number of hydrogen-bond donors (Lipinski definition) is 2. The molecule has 0 saturated heterocycles. The van der Waals surface area contributed by atoms with E-state index in [9.17, 15) is 18.0 Å². The molecule has 0 saturated carbocycles. The number of aldehydes is 1. The normalized spacial score (nSPS) is 15.3. The molecule has 40 heavy (non-hydrogen) atoms. The van der Waals surface area contributed by atoms with Crippen molar-refractivity contribution in [3.63, 3.8) is 0 Å². The van der Waals surface area contributed by atoms with Gasteiger partial charge in [0.25, 0.3) is 5.91 Å². The van der Waals surface area contributed by atoms with Crippen LogP contribution in [0.25, 0.3) is 0 Å². The lowest BCUT2D eigenvalue weighted by atomic mass is 9.86. The highest BCUT2D eigenvalue weighted by Crippen LogP contribution is 2.39. The summed E-state index contributed by atoms with van der Waals surface area (Å²) in [6, 6.07) is 8.40. The molecule has 1 atom stereocenters. The van der Waals surface area contributed by atoms with Crippen LogP contribution < -0.4 is 19.8 Å². The van der Waals surface area contributed by atoms with Crippen molar-refractivity contribution in [2.75, 3.05) is 35.0 Å². The van der Waals surface area contributed by atoms with E-state index < -0.39 is 15.9 Å². The maximum Gasteiger partial charge on any atom is 0.255 e. The maximum atomic E-state index is 13.5. The highest BCUT2D eigenvalue weighted by molar-refractivity contribution is 7.92. The van der Waals surface area contributed by atoms with Gasteiger partial charge in [-0.1, -0.05) is 32.1 Å². The van der Waals surface area contributed by atoms with E-state index in [1.807, 2.05) is 33.8 Å². The number of hydrogen-bond acceptors (Lipinski definition) is 9. The van der Waals surface area contributed by atoms with Crippen molar-refractivity contribution in [1.82, 2.24) is 9.55 Å². The van der Waals surface area contributed by atoms with Crippen molar-refractivity contribution in [3.8, 4) is 5.75 Å². The number of aromatic nitrogens is 2.